The quantitative estimate of drug-likeness (QED) is 0.136. The first-order valence-electron chi connectivity index (χ1n) is 13.8. The number of aliphatic carboxylic acids is 2. The highest BCUT2D eigenvalue weighted by Crippen LogP contribution is 2.38. The lowest BCUT2D eigenvalue weighted by molar-refractivity contribution is -0.155. The van der Waals surface area contributed by atoms with Crippen molar-refractivity contribution in [2.24, 2.45) is 5.92 Å². The summed E-state index contributed by atoms with van der Waals surface area (Å²) in [6, 6.07) is 4.41. The average Bonchev–Trinajstić information content (AvgIpc) is 3.29. The number of carboxylic acid groups (broad SMARTS) is 2. The first kappa shape index (κ1) is 34.1. The first-order valence-corrected chi connectivity index (χ1v) is 13.8. The van der Waals surface area contributed by atoms with E-state index in [0.717, 1.165) is 10.5 Å². The molecular formula is C30H39F2N3O7. The van der Waals surface area contributed by atoms with E-state index in [4.69, 9.17) is 5.11 Å². The van der Waals surface area contributed by atoms with Gasteiger partial charge < -0.3 is 25.7 Å². The normalized spacial score (nSPS) is 18.2. The molecule has 0 saturated heterocycles. The van der Waals surface area contributed by atoms with Gasteiger partial charge >= 0.3 is 11.9 Å². The molecule has 1 heterocycles. The summed E-state index contributed by atoms with van der Waals surface area (Å²) in [6.45, 7) is 7.55. The largest absolute Gasteiger partial charge is 0.478 e. The van der Waals surface area contributed by atoms with E-state index in [-0.39, 0.29) is 24.3 Å². The zero-order valence-corrected chi connectivity index (χ0v) is 24.4. The molecule has 4 N–H and O–H groups in total. The van der Waals surface area contributed by atoms with Crippen LogP contribution < -0.4 is 10.6 Å². The van der Waals surface area contributed by atoms with Crippen molar-refractivity contribution >= 4 is 35.2 Å². The minimum atomic E-state index is -3.06. The molecule has 0 aromatic heterocycles. The zero-order valence-electron chi connectivity index (χ0n) is 24.4. The third-order valence-corrected chi connectivity index (χ3v) is 7.35. The van der Waals surface area contributed by atoms with Gasteiger partial charge in [-0.2, -0.15) is 0 Å². The van der Waals surface area contributed by atoms with Crippen molar-refractivity contribution in [3.63, 3.8) is 0 Å². The van der Waals surface area contributed by atoms with E-state index in [1.54, 1.807) is 44.2 Å². The average molecular weight is 592 g/mol. The van der Waals surface area contributed by atoms with Gasteiger partial charge in [0.25, 0.3) is 5.78 Å². The Bertz CT molecular complexity index is 1230. The molecule has 10 nitrogen and oxygen atoms in total. The van der Waals surface area contributed by atoms with Crippen molar-refractivity contribution in [1.82, 2.24) is 10.2 Å². The maximum absolute atomic E-state index is 13.9. The number of carboxylic acids is 2. The Labute approximate surface area is 243 Å². The first-order chi connectivity index (χ1) is 19.7. The summed E-state index contributed by atoms with van der Waals surface area (Å²) in [7, 11) is 0. The van der Waals surface area contributed by atoms with Crippen LogP contribution in [0.2, 0.25) is 0 Å². The van der Waals surface area contributed by atoms with Gasteiger partial charge in [-0.05, 0) is 50.3 Å². The molecule has 42 heavy (non-hydrogen) atoms. The van der Waals surface area contributed by atoms with Gasteiger partial charge in [0.1, 0.15) is 11.6 Å². The molecule has 1 aromatic carbocycles. The number of allylic oxidation sites excluding steroid dienone is 2. The van der Waals surface area contributed by atoms with E-state index < -0.39 is 66.5 Å². The van der Waals surface area contributed by atoms with Crippen LogP contribution in [0, 0.1) is 5.92 Å². The summed E-state index contributed by atoms with van der Waals surface area (Å²) in [5.74, 6) is -6.51. The number of para-hydroxylation sites is 1. The number of nitrogens with one attached hydrogen (secondary N) is 2. The predicted molar refractivity (Wildman–Crippen MR) is 152 cm³/mol. The number of ketones is 1. The fourth-order valence-electron chi connectivity index (χ4n) is 5.28. The fourth-order valence-corrected chi connectivity index (χ4v) is 5.28. The third kappa shape index (κ3) is 8.01. The van der Waals surface area contributed by atoms with Crippen molar-refractivity contribution in [3.05, 3.63) is 53.1 Å². The monoisotopic (exact) mass is 591 g/mol. The number of halogens is 2. The number of rotatable bonds is 15. The molecule has 230 valence electrons. The topological polar surface area (TPSA) is 153 Å². The van der Waals surface area contributed by atoms with Crippen molar-refractivity contribution in [2.75, 3.05) is 11.9 Å². The van der Waals surface area contributed by atoms with Crippen LogP contribution in [0.25, 0.3) is 0 Å². The highest BCUT2D eigenvalue weighted by Gasteiger charge is 2.45. The maximum atomic E-state index is 13.9. The van der Waals surface area contributed by atoms with Crippen molar-refractivity contribution in [1.29, 1.82) is 0 Å². The number of fused-ring (bicyclic) bond motifs is 1. The second-order valence-corrected chi connectivity index (χ2v) is 10.7. The number of Topliss-reactive ketones (excluding diaryl/α,β-unsaturated/α-hetero) is 1. The van der Waals surface area contributed by atoms with Gasteiger partial charge in [0.2, 0.25) is 18.2 Å². The molecule has 0 fully saturated rings. The van der Waals surface area contributed by atoms with Gasteiger partial charge in [-0.1, -0.05) is 44.2 Å². The second kappa shape index (κ2) is 14.7. The Kier molecular flexibility index (Phi) is 11.9. The highest BCUT2D eigenvalue weighted by molar-refractivity contribution is 6.35. The second-order valence-electron chi connectivity index (χ2n) is 10.7. The molecule has 0 spiro atoms. The zero-order chi connectivity index (χ0) is 31.8. The van der Waals surface area contributed by atoms with Crippen LogP contribution in [0.15, 0.2) is 47.6 Å². The van der Waals surface area contributed by atoms with Crippen LogP contribution in [0.1, 0.15) is 59.4 Å². The van der Waals surface area contributed by atoms with E-state index in [1.807, 2.05) is 13.0 Å². The Hall–Kier alpha value is -4.09. The van der Waals surface area contributed by atoms with E-state index >= 15 is 0 Å². The summed E-state index contributed by atoms with van der Waals surface area (Å²) in [5.41, 5.74) is 0.632. The molecule has 12 heteroatoms. The van der Waals surface area contributed by atoms with E-state index in [1.165, 1.54) is 13.8 Å². The van der Waals surface area contributed by atoms with Crippen LogP contribution in [0.4, 0.5) is 14.5 Å². The summed E-state index contributed by atoms with van der Waals surface area (Å²) < 4.78 is 26.5. The molecule has 1 aliphatic heterocycles. The number of hydrogen-bond donors (Lipinski definition) is 4. The Morgan fingerprint density at radius 1 is 1.10 bits per heavy atom. The predicted octanol–water partition coefficient (Wildman–Crippen LogP) is 3.82. The maximum Gasteiger partial charge on any atom is 0.374 e. The number of carbonyl (C=O) groups excluding carboxylic acids is 3. The summed E-state index contributed by atoms with van der Waals surface area (Å²) in [4.78, 5) is 63.7. The SMILES string of the molecule is C/C=C\C(CC1(C(=O)NCC(=O)N(C(C)C)C(CC(F)F)C(=O)C(=O)O)Cc2ccccc2N1)=C(\C(=O)O)C(C)CC. The van der Waals surface area contributed by atoms with E-state index in [9.17, 15) is 37.9 Å². The Morgan fingerprint density at radius 3 is 2.24 bits per heavy atom. The number of carbonyl (C=O) groups is 5. The lowest BCUT2D eigenvalue weighted by Gasteiger charge is -2.34. The van der Waals surface area contributed by atoms with Gasteiger partial charge in [0.05, 0.1) is 6.54 Å². The number of amides is 2. The highest BCUT2D eigenvalue weighted by atomic mass is 19.3. The smallest absolute Gasteiger partial charge is 0.374 e. The van der Waals surface area contributed by atoms with E-state index in [0.29, 0.717) is 17.7 Å². The molecule has 1 aliphatic rings. The third-order valence-electron chi connectivity index (χ3n) is 7.35. The molecule has 0 radical (unpaired) electrons. The molecule has 0 saturated carbocycles. The summed E-state index contributed by atoms with van der Waals surface area (Å²) in [6.07, 6.45) is -0.237. The van der Waals surface area contributed by atoms with E-state index in [2.05, 4.69) is 10.6 Å². The van der Waals surface area contributed by atoms with Gasteiger partial charge in [-0.15, -0.1) is 0 Å². The van der Waals surface area contributed by atoms with Crippen molar-refractivity contribution < 1.29 is 43.0 Å². The molecule has 2 rings (SSSR count). The van der Waals surface area contributed by atoms with Crippen LogP contribution in [0.3, 0.4) is 0 Å². The van der Waals surface area contributed by atoms with Crippen LogP contribution in [-0.2, 0) is 30.4 Å². The van der Waals surface area contributed by atoms with Crippen molar-refractivity contribution in [2.45, 2.75) is 84.4 Å². The van der Waals surface area contributed by atoms with Gasteiger partial charge in [0, 0.05) is 36.6 Å². The standard InChI is InChI=1S/C30H39F2N3O7/c1-6-10-20(25(27(38)39)18(5)7-2)15-30(14-19-11-8-9-12-21(19)34-30)29(42)33-16-24(36)35(17(3)4)22(13-23(31)32)26(37)28(40)41/h6,8-12,17-18,22-23,34H,7,13-16H2,1-5H3,(H,33,42)(H,38,39)(H,40,41)/b10-6-,25-20-. The molecule has 3 unspecified atom stereocenters. The number of hydrogen-bond acceptors (Lipinski definition) is 6. The number of alkyl halides is 2. The molecule has 0 bridgehead atoms. The van der Waals surface area contributed by atoms with Crippen LogP contribution in [0.5, 0.6) is 0 Å². The molecule has 2 amide bonds. The minimum absolute atomic E-state index is 0.0442. The molecule has 1 aromatic rings. The minimum Gasteiger partial charge on any atom is -0.478 e. The molecule has 0 aliphatic carbocycles. The number of benzene rings is 1. The Morgan fingerprint density at radius 2 is 1.74 bits per heavy atom. The molecular weight excluding hydrogens is 552 g/mol. The van der Waals surface area contributed by atoms with Gasteiger partial charge in [-0.25, -0.2) is 18.4 Å². The summed E-state index contributed by atoms with van der Waals surface area (Å²) in [5, 5.41) is 25.0. The van der Waals surface area contributed by atoms with Gasteiger partial charge in [-0.3, -0.25) is 14.4 Å². The van der Waals surface area contributed by atoms with Crippen LogP contribution >= 0.6 is 0 Å². The van der Waals surface area contributed by atoms with Gasteiger partial charge in [0.15, 0.2) is 0 Å². The number of nitrogens with zero attached hydrogens (tertiary/aromatic N) is 1. The van der Waals surface area contributed by atoms with Crippen LogP contribution in [-0.4, -0.2) is 75.2 Å². The number of anilines is 1. The molecule has 3 atom stereocenters. The van der Waals surface area contributed by atoms with Crippen molar-refractivity contribution in [3.8, 4) is 0 Å². The fraction of sp³-hybridized carbons (Fsp3) is 0.500. The lowest BCUT2D eigenvalue weighted by Crippen LogP contribution is -2.57. The summed E-state index contributed by atoms with van der Waals surface area (Å²) >= 11 is 0. The Balaban J connectivity index is 2.48. The lowest BCUT2D eigenvalue weighted by atomic mass is 9.82.